The lowest BCUT2D eigenvalue weighted by Crippen LogP contribution is -2.26. The molecule has 0 aromatic heterocycles. The van der Waals surface area contributed by atoms with Crippen LogP contribution in [0.5, 0.6) is 0 Å². The first-order valence-electron chi connectivity index (χ1n) is 7.63. The Labute approximate surface area is 135 Å². The molecule has 0 saturated carbocycles. The lowest BCUT2D eigenvalue weighted by Gasteiger charge is -2.12. The summed E-state index contributed by atoms with van der Waals surface area (Å²) in [4.78, 5) is 21.6. The quantitative estimate of drug-likeness (QED) is 0.265. The predicted molar refractivity (Wildman–Crippen MR) is 84.8 cm³/mol. The summed E-state index contributed by atoms with van der Waals surface area (Å²) in [5.74, 6) is -1.95. The van der Waals surface area contributed by atoms with Crippen LogP contribution in [0, 0.1) is 0 Å². The van der Waals surface area contributed by atoms with Gasteiger partial charge >= 0.3 is 5.97 Å². The molecule has 1 amide bonds. The third-order valence-corrected chi connectivity index (χ3v) is 3.41. The van der Waals surface area contributed by atoms with Crippen LogP contribution < -0.4 is 0 Å². The Morgan fingerprint density at radius 3 is 2.17 bits per heavy atom. The number of unbranched alkanes of at least 4 members (excludes halogenated alkanes) is 3. The second-order valence-corrected chi connectivity index (χ2v) is 5.27. The van der Waals surface area contributed by atoms with Crippen LogP contribution >= 0.6 is 0 Å². The molecule has 1 aromatic carbocycles. The zero-order chi connectivity index (χ0) is 17.1. The number of aryl methyl sites for hydroxylation is 1. The molecule has 0 aliphatic carbocycles. The average Bonchev–Trinajstić information content (AvgIpc) is 2.56. The molecular weight excluding hydrogens is 298 g/mol. The number of benzene rings is 1. The summed E-state index contributed by atoms with van der Waals surface area (Å²) in [5, 5.41) is 27.3. The van der Waals surface area contributed by atoms with Crippen molar-refractivity contribution in [1.29, 1.82) is 0 Å². The Balaban J connectivity index is 2.12. The standard InChI is InChI=1S/C17H23NO5/c19-13-15-8-6-14(7-9-15)5-3-1-2-4-12-18(23)16(20)10-11-17(21)22/h6-11,19,23H,1-5,12-13H2,(H,21,22)/b11-10+. The molecule has 1 rings (SSSR count). The highest BCUT2D eigenvalue weighted by molar-refractivity contribution is 5.93. The number of hydrogen-bond donors (Lipinski definition) is 3. The van der Waals surface area contributed by atoms with Gasteiger partial charge in [0.05, 0.1) is 6.61 Å². The van der Waals surface area contributed by atoms with E-state index in [2.05, 4.69) is 0 Å². The van der Waals surface area contributed by atoms with Gasteiger partial charge in [-0.25, -0.2) is 9.86 Å². The fourth-order valence-electron chi connectivity index (χ4n) is 2.09. The summed E-state index contributed by atoms with van der Waals surface area (Å²) in [7, 11) is 0. The summed E-state index contributed by atoms with van der Waals surface area (Å²) in [5.41, 5.74) is 2.12. The van der Waals surface area contributed by atoms with Crippen LogP contribution in [0.25, 0.3) is 0 Å². The van der Waals surface area contributed by atoms with Gasteiger partial charge in [-0.2, -0.15) is 0 Å². The highest BCUT2D eigenvalue weighted by atomic mass is 16.5. The van der Waals surface area contributed by atoms with Crippen molar-refractivity contribution in [3.05, 3.63) is 47.5 Å². The Morgan fingerprint density at radius 2 is 1.57 bits per heavy atom. The van der Waals surface area contributed by atoms with E-state index >= 15 is 0 Å². The van der Waals surface area contributed by atoms with E-state index in [1.807, 2.05) is 24.3 Å². The van der Waals surface area contributed by atoms with Crippen LogP contribution in [0.4, 0.5) is 0 Å². The van der Waals surface area contributed by atoms with E-state index in [9.17, 15) is 14.8 Å². The number of carboxylic acids is 1. The fraction of sp³-hybridized carbons (Fsp3) is 0.412. The Bertz CT molecular complexity index is 524. The summed E-state index contributed by atoms with van der Waals surface area (Å²) in [6, 6.07) is 7.84. The molecule has 0 aliphatic rings. The van der Waals surface area contributed by atoms with Crippen molar-refractivity contribution in [3.8, 4) is 0 Å². The molecule has 0 heterocycles. The minimum absolute atomic E-state index is 0.0539. The van der Waals surface area contributed by atoms with E-state index in [4.69, 9.17) is 10.2 Å². The minimum Gasteiger partial charge on any atom is -0.478 e. The molecule has 1 aromatic rings. The first-order chi connectivity index (χ1) is 11.0. The van der Waals surface area contributed by atoms with Crippen molar-refractivity contribution in [2.24, 2.45) is 0 Å². The smallest absolute Gasteiger partial charge is 0.328 e. The molecule has 0 saturated heterocycles. The van der Waals surface area contributed by atoms with Crippen LogP contribution in [0.1, 0.15) is 36.8 Å². The maximum atomic E-state index is 11.3. The van der Waals surface area contributed by atoms with Crippen LogP contribution in [-0.2, 0) is 22.6 Å². The number of nitrogens with zero attached hydrogens (tertiary/aromatic N) is 1. The van der Waals surface area contributed by atoms with Crippen LogP contribution in [0.3, 0.4) is 0 Å². The number of hydroxylamine groups is 2. The Morgan fingerprint density at radius 1 is 0.957 bits per heavy atom. The van der Waals surface area contributed by atoms with Gasteiger partial charge in [0.25, 0.3) is 5.91 Å². The van der Waals surface area contributed by atoms with Gasteiger partial charge in [0.15, 0.2) is 0 Å². The molecular formula is C17H23NO5. The second-order valence-electron chi connectivity index (χ2n) is 5.27. The molecule has 0 bridgehead atoms. The maximum absolute atomic E-state index is 11.3. The number of aliphatic hydroxyl groups is 1. The number of carbonyl (C=O) groups excluding carboxylic acids is 1. The van der Waals surface area contributed by atoms with Crippen molar-refractivity contribution < 1.29 is 25.0 Å². The Hall–Kier alpha value is -2.18. The van der Waals surface area contributed by atoms with E-state index in [1.54, 1.807) is 0 Å². The minimum atomic E-state index is -1.22. The van der Waals surface area contributed by atoms with Gasteiger partial charge in [-0.1, -0.05) is 37.1 Å². The molecule has 23 heavy (non-hydrogen) atoms. The van der Waals surface area contributed by atoms with E-state index in [0.29, 0.717) is 17.6 Å². The van der Waals surface area contributed by atoms with E-state index < -0.39 is 11.9 Å². The van der Waals surface area contributed by atoms with Crippen molar-refractivity contribution in [1.82, 2.24) is 5.06 Å². The van der Waals surface area contributed by atoms with Crippen molar-refractivity contribution in [2.75, 3.05) is 6.54 Å². The first-order valence-corrected chi connectivity index (χ1v) is 7.63. The lowest BCUT2D eigenvalue weighted by atomic mass is 10.0. The van der Waals surface area contributed by atoms with Crippen molar-refractivity contribution in [3.63, 3.8) is 0 Å². The van der Waals surface area contributed by atoms with Gasteiger partial charge in [0.1, 0.15) is 0 Å². The highest BCUT2D eigenvalue weighted by Gasteiger charge is 2.06. The molecule has 0 spiro atoms. The zero-order valence-electron chi connectivity index (χ0n) is 13.0. The van der Waals surface area contributed by atoms with Crippen LogP contribution in [-0.4, -0.2) is 38.9 Å². The largest absolute Gasteiger partial charge is 0.478 e. The van der Waals surface area contributed by atoms with Crippen molar-refractivity contribution >= 4 is 11.9 Å². The van der Waals surface area contributed by atoms with Crippen LogP contribution in [0.15, 0.2) is 36.4 Å². The normalized spacial score (nSPS) is 10.9. The average molecular weight is 321 g/mol. The van der Waals surface area contributed by atoms with Gasteiger partial charge in [0, 0.05) is 18.7 Å². The second kappa shape index (κ2) is 10.5. The lowest BCUT2D eigenvalue weighted by molar-refractivity contribution is -0.159. The molecule has 0 aliphatic heterocycles. The summed E-state index contributed by atoms with van der Waals surface area (Å²) in [6.07, 6.45) is 6.01. The number of rotatable bonds is 10. The van der Waals surface area contributed by atoms with Gasteiger partial charge in [0.2, 0.25) is 0 Å². The molecule has 126 valence electrons. The summed E-state index contributed by atoms with van der Waals surface area (Å²) < 4.78 is 0. The molecule has 6 heteroatoms. The van der Waals surface area contributed by atoms with Gasteiger partial charge < -0.3 is 10.2 Å². The SMILES string of the molecule is O=C(O)/C=C/C(=O)N(O)CCCCCCc1ccc(CO)cc1. The molecule has 6 nitrogen and oxygen atoms in total. The monoisotopic (exact) mass is 321 g/mol. The number of hydrogen-bond acceptors (Lipinski definition) is 4. The maximum Gasteiger partial charge on any atom is 0.328 e. The van der Waals surface area contributed by atoms with E-state index in [1.165, 1.54) is 5.56 Å². The number of carboxylic acid groups (broad SMARTS) is 1. The number of aliphatic carboxylic acids is 1. The van der Waals surface area contributed by atoms with E-state index in [0.717, 1.165) is 37.3 Å². The van der Waals surface area contributed by atoms with E-state index in [-0.39, 0.29) is 13.2 Å². The third kappa shape index (κ3) is 8.13. The summed E-state index contributed by atoms with van der Waals surface area (Å²) >= 11 is 0. The van der Waals surface area contributed by atoms with Gasteiger partial charge in [-0.05, 0) is 30.4 Å². The first kappa shape index (κ1) is 18.9. The third-order valence-electron chi connectivity index (χ3n) is 3.41. The molecule has 0 atom stereocenters. The topological polar surface area (TPSA) is 98.1 Å². The predicted octanol–water partition coefficient (Wildman–Crippen LogP) is 2.14. The molecule has 3 N–H and O–H groups in total. The van der Waals surface area contributed by atoms with Crippen LogP contribution in [0.2, 0.25) is 0 Å². The molecule has 0 unspecified atom stereocenters. The molecule has 0 fully saturated rings. The fourth-order valence-corrected chi connectivity index (χ4v) is 2.09. The number of aliphatic hydroxyl groups excluding tert-OH is 1. The van der Waals surface area contributed by atoms with Gasteiger partial charge in [-0.15, -0.1) is 0 Å². The summed E-state index contributed by atoms with van der Waals surface area (Å²) in [6.45, 7) is 0.242. The Kier molecular flexibility index (Phi) is 8.64. The highest BCUT2D eigenvalue weighted by Crippen LogP contribution is 2.10. The number of carbonyl (C=O) groups is 2. The van der Waals surface area contributed by atoms with Crippen molar-refractivity contribution in [2.45, 2.75) is 38.7 Å². The molecule has 0 radical (unpaired) electrons. The van der Waals surface area contributed by atoms with Gasteiger partial charge in [-0.3, -0.25) is 10.0 Å². The number of amides is 1. The zero-order valence-corrected chi connectivity index (χ0v) is 13.0.